The Morgan fingerprint density at radius 1 is 1.32 bits per heavy atom. The lowest BCUT2D eigenvalue weighted by atomic mass is 9.98. The summed E-state index contributed by atoms with van der Waals surface area (Å²) < 4.78 is 0. The monoisotopic (exact) mass is 260 g/mol. The molecule has 0 aliphatic carbocycles. The molecule has 0 saturated carbocycles. The number of rotatable bonds is 5. The fraction of sp³-hybridized carbons (Fsp3) is 0.647. The molecule has 1 aliphatic rings. The summed E-state index contributed by atoms with van der Waals surface area (Å²) in [7, 11) is 0. The summed E-state index contributed by atoms with van der Waals surface area (Å²) >= 11 is 0. The van der Waals surface area contributed by atoms with E-state index in [-0.39, 0.29) is 6.04 Å². The average Bonchev–Trinajstić information content (AvgIpc) is 2.88. The largest absolute Gasteiger partial charge is 0.368 e. The molecule has 1 fully saturated rings. The van der Waals surface area contributed by atoms with Gasteiger partial charge in [0.1, 0.15) is 0 Å². The maximum atomic E-state index is 6.15. The van der Waals surface area contributed by atoms with E-state index in [0.29, 0.717) is 6.04 Å². The molecular weight excluding hydrogens is 232 g/mol. The lowest BCUT2D eigenvalue weighted by molar-refractivity contribution is 0.490. The van der Waals surface area contributed by atoms with Crippen LogP contribution in [-0.2, 0) is 6.42 Å². The molecule has 2 atom stereocenters. The van der Waals surface area contributed by atoms with Crippen LogP contribution in [0.1, 0.15) is 45.6 Å². The topological polar surface area (TPSA) is 29.3 Å². The van der Waals surface area contributed by atoms with Gasteiger partial charge in [-0.15, -0.1) is 0 Å². The number of benzene rings is 1. The molecule has 0 aromatic heterocycles. The number of para-hydroxylation sites is 1. The molecule has 1 heterocycles. The molecule has 0 spiro atoms. The van der Waals surface area contributed by atoms with Gasteiger partial charge in [-0.1, -0.05) is 39.0 Å². The van der Waals surface area contributed by atoms with Crippen molar-refractivity contribution in [1.82, 2.24) is 0 Å². The van der Waals surface area contributed by atoms with Gasteiger partial charge in [0.25, 0.3) is 0 Å². The summed E-state index contributed by atoms with van der Waals surface area (Å²) in [4.78, 5) is 2.61. The van der Waals surface area contributed by atoms with Crippen molar-refractivity contribution in [3.8, 4) is 0 Å². The Kier molecular flexibility index (Phi) is 4.87. The molecule has 2 N–H and O–H groups in total. The van der Waals surface area contributed by atoms with Crippen LogP contribution in [0.15, 0.2) is 24.3 Å². The molecule has 1 saturated heterocycles. The van der Waals surface area contributed by atoms with E-state index in [1.54, 1.807) is 0 Å². The summed E-state index contributed by atoms with van der Waals surface area (Å²) in [5.74, 6) is 0.718. The first-order chi connectivity index (χ1) is 9.13. The number of hydrogen-bond donors (Lipinski definition) is 1. The predicted molar refractivity (Wildman–Crippen MR) is 83.6 cm³/mol. The van der Waals surface area contributed by atoms with Gasteiger partial charge in [-0.25, -0.2) is 0 Å². The van der Waals surface area contributed by atoms with E-state index in [1.165, 1.54) is 30.6 Å². The van der Waals surface area contributed by atoms with Gasteiger partial charge in [0.05, 0.1) is 0 Å². The third-order valence-corrected chi connectivity index (χ3v) is 4.38. The van der Waals surface area contributed by atoms with Crippen molar-refractivity contribution in [2.75, 3.05) is 11.4 Å². The second kappa shape index (κ2) is 6.42. The third-order valence-electron chi connectivity index (χ3n) is 4.38. The van der Waals surface area contributed by atoms with E-state index in [9.17, 15) is 0 Å². The molecule has 19 heavy (non-hydrogen) atoms. The van der Waals surface area contributed by atoms with Crippen LogP contribution in [0.2, 0.25) is 0 Å². The van der Waals surface area contributed by atoms with Crippen LogP contribution < -0.4 is 10.6 Å². The molecule has 2 rings (SSSR count). The molecule has 2 unspecified atom stereocenters. The van der Waals surface area contributed by atoms with Crippen LogP contribution in [0.5, 0.6) is 0 Å². The lowest BCUT2D eigenvalue weighted by Crippen LogP contribution is -2.34. The molecule has 2 nitrogen and oxygen atoms in total. The van der Waals surface area contributed by atoms with Crippen molar-refractivity contribution < 1.29 is 0 Å². The number of anilines is 1. The molecule has 0 radical (unpaired) electrons. The van der Waals surface area contributed by atoms with Crippen molar-refractivity contribution >= 4 is 5.69 Å². The standard InChI is InChI=1S/C17H28N2/c1-4-15(18)12-14-8-5-6-9-17(14)19-11-7-10-16(19)13(2)3/h5-6,8-9,13,15-16H,4,7,10-12,18H2,1-3H3. The molecule has 1 aromatic carbocycles. The maximum Gasteiger partial charge on any atom is 0.0401 e. The lowest BCUT2D eigenvalue weighted by Gasteiger charge is -2.32. The fourth-order valence-electron chi connectivity index (χ4n) is 3.18. The predicted octanol–water partition coefficient (Wildman–Crippen LogP) is 3.59. The summed E-state index contributed by atoms with van der Waals surface area (Å²) in [6, 6.07) is 9.80. The van der Waals surface area contributed by atoms with Gasteiger partial charge in [0.2, 0.25) is 0 Å². The summed E-state index contributed by atoms with van der Waals surface area (Å²) in [6.45, 7) is 8.04. The van der Waals surface area contributed by atoms with E-state index >= 15 is 0 Å². The number of hydrogen-bond acceptors (Lipinski definition) is 2. The van der Waals surface area contributed by atoms with Crippen LogP contribution in [0.25, 0.3) is 0 Å². The second-order valence-corrected chi connectivity index (χ2v) is 6.15. The molecule has 1 aliphatic heterocycles. The van der Waals surface area contributed by atoms with Gasteiger partial charge in [0, 0.05) is 24.3 Å². The Morgan fingerprint density at radius 2 is 2.05 bits per heavy atom. The number of nitrogens with two attached hydrogens (primary N) is 1. The van der Waals surface area contributed by atoms with Crippen LogP contribution in [-0.4, -0.2) is 18.6 Å². The summed E-state index contributed by atoms with van der Waals surface area (Å²) in [5.41, 5.74) is 8.99. The van der Waals surface area contributed by atoms with Crippen LogP contribution >= 0.6 is 0 Å². The van der Waals surface area contributed by atoms with E-state index in [2.05, 4.69) is 49.9 Å². The van der Waals surface area contributed by atoms with Gasteiger partial charge in [-0.3, -0.25) is 0 Å². The summed E-state index contributed by atoms with van der Waals surface area (Å²) in [5, 5.41) is 0. The maximum absolute atomic E-state index is 6.15. The molecular formula is C17H28N2. The minimum atomic E-state index is 0.279. The Balaban J connectivity index is 2.23. The van der Waals surface area contributed by atoms with E-state index in [0.717, 1.165) is 18.8 Å². The highest BCUT2D eigenvalue weighted by atomic mass is 15.2. The van der Waals surface area contributed by atoms with E-state index in [4.69, 9.17) is 5.73 Å². The normalized spacial score (nSPS) is 21.1. The first-order valence-electron chi connectivity index (χ1n) is 7.73. The van der Waals surface area contributed by atoms with Crippen molar-refractivity contribution in [3.63, 3.8) is 0 Å². The SMILES string of the molecule is CCC(N)Cc1ccccc1N1CCCC1C(C)C. The molecule has 2 heteroatoms. The quantitative estimate of drug-likeness (QED) is 0.876. The first-order valence-corrected chi connectivity index (χ1v) is 7.73. The zero-order valence-corrected chi connectivity index (χ0v) is 12.6. The van der Waals surface area contributed by atoms with Crippen molar-refractivity contribution in [2.45, 2.75) is 58.5 Å². The Labute approximate surface area is 118 Å². The molecule has 0 amide bonds. The smallest absolute Gasteiger partial charge is 0.0401 e. The van der Waals surface area contributed by atoms with Gasteiger partial charge < -0.3 is 10.6 Å². The zero-order valence-electron chi connectivity index (χ0n) is 12.6. The first kappa shape index (κ1) is 14.4. The highest BCUT2D eigenvalue weighted by molar-refractivity contribution is 5.55. The third kappa shape index (κ3) is 3.30. The fourth-order valence-corrected chi connectivity index (χ4v) is 3.18. The highest BCUT2D eigenvalue weighted by Gasteiger charge is 2.28. The Morgan fingerprint density at radius 3 is 2.74 bits per heavy atom. The van der Waals surface area contributed by atoms with Crippen LogP contribution in [0.3, 0.4) is 0 Å². The van der Waals surface area contributed by atoms with Crippen molar-refractivity contribution in [2.24, 2.45) is 11.7 Å². The zero-order chi connectivity index (χ0) is 13.8. The van der Waals surface area contributed by atoms with Gasteiger partial charge in [-0.2, -0.15) is 0 Å². The van der Waals surface area contributed by atoms with Gasteiger partial charge in [0.15, 0.2) is 0 Å². The average molecular weight is 260 g/mol. The highest BCUT2D eigenvalue weighted by Crippen LogP contribution is 2.32. The van der Waals surface area contributed by atoms with Crippen molar-refractivity contribution in [1.29, 1.82) is 0 Å². The van der Waals surface area contributed by atoms with Crippen molar-refractivity contribution in [3.05, 3.63) is 29.8 Å². The van der Waals surface area contributed by atoms with Gasteiger partial charge in [-0.05, 0) is 43.2 Å². The Bertz CT molecular complexity index is 400. The molecule has 106 valence electrons. The second-order valence-electron chi connectivity index (χ2n) is 6.15. The van der Waals surface area contributed by atoms with Gasteiger partial charge >= 0.3 is 0 Å². The molecule has 1 aromatic rings. The minimum Gasteiger partial charge on any atom is -0.368 e. The van der Waals surface area contributed by atoms with E-state index in [1.807, 2.05) is 0 Å². The molecule has 0 bridgehead atoms. The Hall–Kier alpha value is -1.02. The minimum absolute atomic E-state index is 0.279. The van der Waals surface area contributed by atoms with Crippen LogP contribution in [0, 0.1) is 5.92 Å². The number of nitrogens with zero attached hydrogens (tertiary/aromatic N) is 1. The van der Waals surface area contributed by atoms with E-state index < -0.39 is 0 Å². The summed E-state index contributed by atoms with van der Waals surface area (Å²) in [6.07, 6.45) is 4.68. The van der Waals surface area contributed by atoms with Crippen LogP contribution in [0.4, 0.5) is 5.69 Å².